The summed E-state index contributed by atoms with van der Waals surface area (Å²) in [5.41, 5.74) is 0.967. The second kappa shape index (κ2) is 6.50. The molecule has 0 amide bonds. The Morgan fingerprint density at radius 1 is 1.06 bits per heavy atom. The van der Waals surface area contributed by atoms with Crippen molar-refractivity contribution in [1.29, 1.82) is 0 Å². The van der Waals surface area contributed by atoms with E-state index in [0.717, 1.165) is 4.47 Å². The molecule has 0 unspecified atom stereocenters. The largest absolute Gasteiger partial charge is 0.395 e. The van der Waals surface area contributed by atoms with Crippen LogP contribution in [-0.4, -0.2) is 41.4 Å². The van der Waals surface area contributed by atoms with Gasteiger partial charge in [0.25, 0.3) is 0 Å². The van der Waals surface area contributed by atoms with Crippen LogP contribution in [0.3, 0.4) is 0 Å². The molecule has 0 saturated carbocycles. The molecule has 2 N–H and O–H groups in total. The minimum absolute atomic E-state index is 0.0972. The van der Waals surface area contributed by atoms with Crippen LogP contribution in [0.2, 0.25) is 0 Å². The zero-order valence-corrected chi connectivity index (χ0v) is 11.9. The summed E-state index contributed by atoms with van der Waals surface area (Å²) in [7, 11) is 0. The van der Waals surface area contributed by atoms with Crippen molar-refractivity contribution in [3.8, 4) is 0 Å². The number of aliphatic hydroxyl groups is 2. The lowest BCUT2D eigenvalue weighted by atomic mass is 9.92. The van der Waals surface area contributed by atoms with E-state index in [1.165, 1.54) is 5.56 Å². The normalized spacial score (nSPS) is 12.1. The van der Waals surface area contributed by atoms with Crippen molar-refractivity contribution in [3.63, 3.8) is 0 Å². The molecule has 17 heavy (non-hydrogen) atoms. The van der Waals surface area contributed by atoms with Crippen LogP contribution in [-0.2, 0) is 5.54 Å². The first-order valence-corrected chi connectivity index (χ1v) is 6.54. The molecule has 1 aromatic carbocycles. The van der Waals surface area contributed by atoms with E-state index in [2.05, 4.69) is 46.8 Å². The SMILES string of the molecule is CC(C)(c1ccc(Br)cc1)N(CCO)CCO. The van der Waals surface area contributed by atoms with Gasteiger partial charge in [0, 0.05) is 23.1 Å². The fourth-order valence-corrected chi connectivity index (χ4v) is 2.22. The van der Waals surface area contributed by atoms with Crippen LogP contribution < -0.4 is 0 Å². The molecule has 3 nitrogen and oxygen atoms in total. The summed E-state index contributed by atoms with van der Waals surface area (Å²) in [6.07, 6.45) is 0. The van der Waals surface area contributed by atoms with E-state index in [4.69, 9.17) is 10.2 Å². The number of aliphatic hydroxyl groups excluding tert-OH is 2. The van der Waals surface area contributed by atoms with E-state index < -0.39 is 0 Å². The highest BCUT2D eigenvalue weighted by atomic mass is 79.9. The summed E-state index contributed by atoms with van der Waals surface area (Å²) >= 11 is 3.42. The minimum Gasteiger partial charge on any atom is -0.395 e. The summed E-state index contributed by atoms with van der Waals surface area (Å²) in [6.45, 7) is 5.51. The molecule has 0 fully saturated rings. The second-order valence-electron chi connectivity index (χ2n) is 4.50. The van der Waals surface area contributed by atoms with Crippen LogP contribution in [0.25, 0.3) is 0 Å². The first-order valence-electron chi connectivity index (χ1n) is 5.75. The van der Waals surface area contributed by atoms with Gasteiger partial charge in [0.2, 0.25) is 0 Å². The van der Waals surface area contributed by atoms with Crippen molar-refractivity contribution >= 4 is 15.9 Å². The van der Waals surface area contributed by atoms with Gasteiger partial charge in [-0.05, 0) is 31.5 Å². The molecule has 0 saturated heterocycles. The molecule has 4 heteroatoms. The Bertz CT molecular complexity index is 332. The summed E-state index contributed by atoms with van der Waals surface area (Å²) in [4.78, 5) is 2.08. The van der Waals surface area contributed by atoms with E-state index in [1.54, 1.807) is 0 Å². The molecule has 0 radical (unpaired) electrons. The average molecular weight is 302 g/mol. The fraction of sp³-hybridized carbons (Fsp3) is 0.538. The van der Waals surface area contributed by atoms with Gasteiger partial charge in [-0.3, -0.25) is 4.90 Å². The van der Waals surface area contributed by atoms with Crippen LogP contribution in [0, 0.1) is 0 Å². The van der Waals surface area contributed by atoms with Gasteiger partial charge in [0.1, 0.15) is 0 Å². The molecular formula is C13H20BrNO2. The Morgan fingerprint density at radius 3 is 1.94 bits per heavy atom. The molecule has 0 aliphatic heterocycles. The van der Waals surface area contributed by atoms with E-state index >= 15 is 0 Å². The number of nitrogens with zero attached hydrogens (tertiary/aromatic N) is 1. The lowest BCUT2D eigenvalue weighted by Crippen LogP contribution is -2.44. The van der Waals surface area contributed by atoms with E-state index in [0.29, 0.717) is 13.1 Å². The maximum atomic E-state index is 9.09. The van der Waals surface area contributed by atoms with Gasteiger partial charge in [-0.15, -0.1) is 0 Å². The van der Waals surface area contributed by atoms with Gasteiger partial charge in [-0.2, -0.15) is 0 Å². The van der Waals surface area contributed by atoms with Crippen LogP contribution in [0.15, 0.2) is 28.7 Å². The second-order valence-corrected chi connectivity index (χ2v) is 5.42. The van der Waals surface area contributed by atoms with Crippen molar-refractivity contribution < 1.29 is 10.2 Å². The van der Waals surface area contributed by atoms with Crippen molar-refractivity contribution in [1.82, 2.24) is 4.90 Å². The molecule has 96 valence electrons. The molecule has 0 heterocycles. The monoisotopic (exact) mass is 301 g/mol. The third-order valence-corrected chi connectivity index (χ3v) is 3.61. The predicted molar refractivity (Wildman–Crippen MR) is 72.9 cm³/mol. The van der Waals surface area contributed by atoms with Gasteiger partial charge in [0.05, 0.1) is 13.2 Å². The van der Waals surface area contributed by atoms with Crippen molar-refractivity contribution in [2.24, 2.45) is 0 Å². The van der Waals surface area contributed by atoms with Crippen molar-refractivity contribution in [3.05, 3.63) is 34.3 Å². The fourth-order valence-electron chi connectivity index (χ4n) is 1.95. The maximum absolute atomic E-state index is 9.09. The topological polar surface area (TPSA) is 43.7 Å². The van der Waals surface area contributed by atoms with E-state index in [-0.39, 0.29) is 18.8 Å². The van der Waals surface area contributed by atoms with Crippen LogP contribution in [0.4, 0.5) is 0 Å². The summed E-state index contributed by atoms with van der Waals surface area (Å²) in [5, 5.41) is 18.2. The molecule has 0 bridgehead atoms. The molecule has 0 atom stereocenters. The van der Waals surface area contributed by atoms with Gasteiger partial charge in [-0.25, -0.2) is 0 Å². The summed E-state index contributed by atoms with van der Waals surface area (Å²) in [6, 6.07) is 8.14. The lowest BCUT2D eigenvalue weighted by molar-refractivity contribution is 0.0713. The summed E-state index contributed by atoms with van der Waals surface area (Å²) < 4.78 is 1.05. The van der Waals surface area contributed by atoms with E-state index in [1.807, 2.05) is 12.1 Å². The number of halogens is 1. The average Bonchev–Trinajstić information content (AvgIpc) is 2.29. The Labute approximate surface area is 111 Å². The van der Waals surface area contributed by atoms with Crippen molar-refractivity contribution in [2.75, 3.05) is 26.3 Å². The highest BCUT2D eigenvalue weighted by Gasteiger charge is 2.27. The number of hydrogen-bond donors (Lipinski definition) is 2. The van der Waals surface area contributed by atoms with Crippen LogP contribution >= 0.6 is 15.9 Å². The lowest BCUT2D eigenvalue weighted by Gasteiger charge is -2.38. The molecule has 0 aliphatic carbocycles. The Hall–Kier alpha value is -0.420. The first kappa shape index (κ1) is 14.6. The predicted octanol–water partition coefficient (Wildman–Crippen LogP) is 1.97. The Morgan fingerprint density at radius 2 is 1.53 bits per heavy atom. The van der Waals surface area contributed by atoms with Crippen LogP contribution in [0.1, 0.15) is 19.4 Å². The summed E-state index contributed by atoms with van der Waals surface area (Å²) in [5.74, 6) is 0. The molecule has 1 rings (SSSR count). The van der Waals surface area contributed by atoms with Gasteiger partial charge in [0.15, 0.2) is 0 Å². The zero-order valence-electron chi connectivity index (χ0n) is 10.4. The third-order valence-electron chi connectivity index (χ3n) is 3.08. The zero-order chi connectivity index (χ0) is 12.9. The van der Waals surface area contributed by atoms with Crippen LogP contribution in [0.5, 0.6) is 0 Å². The Kier molecular flexibility index (Phi) is 5.59. The van der Waals surface area contributed by atoms with Gasteiger partial charge in [-0.1, -0.05) is 28.1 Å². The molecule has 0 spiro atoms. The number of hydrogen-bond acceptors (Lipinski definition) is 3. The standard InChI is InChI=1S/C13H20BrNO2/c1-13(2,15(7-9-16)8-10-17)11-3-5-12(14)6-4-11/h3-6,16-17H,7-10H2,1-2H3. The molecule has 0 aromatic heterocycles. The highest BCUT2D eigenvalue weighted by Crippen LogP contribution is 2.28. The van der Waals surface area contributed by atoms with E-state index in [9.17, 15) is 0 Å². The molecule has 0 aliphatic rings. The van der Waals surface area contributed by atoms with Crippen molar-refractivity contribution in [2.45, 2.75) is 19.4 Å². The van der Waals surface area contributed by atoms with Gasteiger partial charge >= 0.3 is 0 Å². The highest BCUT2D eigenvalue weighted by molar-refractivity contribution is 9.10. The quantitative estimate of drug-likeness (QED) is 0.844. The Balaban J connectivity index is 2.93. The number of benzene rings is 1. The molecule has 1 aromatic rings. The molecular weight excluding hydrogens is 282 g/mol. The minimum atomic E-state index is -0.202. The maximum Gasteiger partial charge on any atom is 0.0558 e. The number of rotatable bonds is 6. The van der Waals surface area contributed by atoms with Gasteiger partial charge < -0.3 is 10.2 Å². The third kappa shape index (κ3) is 3.78. The smallest absolute Gasteiger partial charge is 0.0558 e. The first-order chi connectivity index (χ1) is 8.02.